The number of nitrogens with one attached hydrogen (secondary N) is 1. The van der Waals surface area contributed by atoms with Crippen molar-refractivity contribution in [1.82, 2.24) is 9.55 Å². The number of benzene rings is 2. The van der Waals surface area contributed by atoms with Gasteiger partial charge >= 0.3 is 0 Å². The molecule has 0 aliphatic carbocycles. The number of imidazole rings is 1. The average molecular weight is 426 g/mol. The highest BCUT2D eigenvalue weighted by Crippen LogP contribution is 2.30. The number of hydrogen-bond donors (Lipinski definition) is 1. The SMILES string of the molecule is CCc1cccc(CC)c1-n1ccnc1SCC(=O)Nc1ccc(OC)c(OC)c1. The van der Waals surface area contributed by atoms with Gasteiger partial charge in [-0.3, -0.25) is 9.36 Å². The summed E-state index contributed by atoms with van der Waals surface area (Å²) >= 11 is 1.42. The van der Waals surface area contributed by atoms with Gasteiger partial charge in [-0.25, -0.2) is 4.98 Å². The summed E-state index contributed by atoms with van der Waals surface area (Å²) in [6.07, 6.45) is 5.61. The van der Waals surface area contributed by atoms with Crippen LogP contribution < -0.4 is 14.8 Å². The van der Waals surface area contributed by atoms with Crippen LogP contribution in [0.2, 0.25) is 0 Å². The zero-order valence-corrected chi connectivity index (χ0v) is 18.6. The van der Waals surface area contributed by atoms with Crippen molar-refractivity contribution in [2.75, 3.05) is 25.3 Å². The Morgan fingerprint density at radius 3 is 2.40 bits per heavy atom. The van der Waals surface area contributed by atoms with Gasteiger partial charge in [0.05, 0.1) is 25.7 Å². The Balaban J connectivity index is 1.73. The molecule has 1 aromatic heterocycles. The minimum atomic E-state index is -0.110. The first-order valence-corrected chi connectivity index (χ1v) is 10.9. The number of aryl methyl sites for hydroxylation is 2. The number of anilines is 1. The van der Waals surface area contributed by atoms with E-state index in [1.807, 2.05) is 6.20 Å². The van der Waals surface area contributed by atoms with Crippen molar-refractivity contribution in [3.05, 3.63) is 59.9 Å². The van der Waals surface area contributed by atoms with Crippen molar-refractivity contribution in [2.45, 2.75) is 31.8 Å². The molecule has 0 radical (unpaired) electrons. The summed E-state index contributed by atoms with van der Waals surface area (Å²) in [5, 5.41) is 3.70. The number of carbonyl (C=O) groups is 1. The van der Waals surface area contributed by atoms with E-state index in [0.717, 1.165) is 18.0 Å². The smallest absolute Gasteiger partial charge is 0.234 e. The lowest BCUT2D eigenvalue weighted by molar-refractivity contribution is -0.113. The molecular weight excluding hydrogens is 398 g/mol. The molecule has 2 aromatic carbocycles. The molecule has 0 unspecified atom stereocenters. The maximum atomic E-state index is 12.5. The van der Waals surface area contributed by atoms with Crippen LogP contribution in [0.3, 0.4) is 0 Å². The minimum Gasteiger partial charge on any atom is -0.493 e. The fourth-order valence-corrected chi connectivity index (χ4v) is 4.09. The van der Waals surface area contributed by atoms with E-state index in [-0.39, 0.29) is 11.7 Å². The molecule has 1 amide bonds. The zero-order chi connectivity index (χ0) is 21.5. The van der Waals surface area contributed by atoms with Crippen molar-refractivity contribution in [3.63, 3.8) is 0 Å². The second-order valence-electron chi connectivity index (χ2n) is 6.62. The molecule has 0 aliphatic rings. The Kier molecular flexibility index (Phi) is 7.41. The molecule has 0 atom stereocenters. The largest absolute Gasteiger partial charge is 0.493 e. The van der Waals surface area contributed by atoms with Crippen LogP contribution >= 0.6 is 11.8 Å². The van der Waals surface area contributed by atoms with Gasteiger partial charge in [-0.1, -0.05) is 43.8 Å². The molecule has 3 rings (SSSR count). The van der Waals surface area contributed by atoms with Gasteiger partial charge in [-0.15, -0.1) is 0 Å². The van der Waals surface area contributed by atoms with E-state index >= 15 is 0 Å². The van der Waals surface area contributed by atoms with Gasteiger partial charge in [-0.2, -0.15) is 0 Å². The molecule has 0 bridgehead atoms. The minimum absolute atomic E-state index is 0.110. The topological polar surface area (TPSA) is 65.4 Å². The number of nitrogens with zero attached hydrogens (tertiary/aromatic N) is 2. The highest BCUT2D eigenvalue weighted by Gasteiger charge is 2.15. The first-order valence-electron chi connectivity index (χ1n) is 9.90. The third-order valence-electron chi connectivity index (χ3n) is 4.81. The molecule has 158 valence electrons. The molecule has 30 heavy (non-hydrogen) atoms. The number of methoxy groups -OCH3 is 2. The standard InChI is InChI=1S/C23H27N3O3S/c1-5-16-8-7-9-17(6-2)22(16)26-13-12-24-23(26)30-15-21(27)25-18-10-11-19(28-3)20(14-18)29-4/h7-14H,5-6,15H2,1-4H3,(H,25,27). The maximum absolute atomic E-state index is 12.5. The molecular formula is C23H27N3O3S. The Morgan fingerprint density at radius 2 is 1.77 bits per heavy atom. The lowest BCUT2D eigenvalue weighted by Crippen LogP contribution is -2.15. The van der Waals surface area contributed by atoms with Crippen molar-refractivity contribution in [2.24, 2.45) is 0 Å². The zero-order valence-electron chi connectivity index (χ0n) is 17.8. The summed E-state index contributed by atoms with van der Waals surface area (Å²) in [5.41, 5.74) is 4.36. The molecule has 3 aromatic rings. The predicted molar refractivity (Wildman–Crippen MR) is 121 cm³/mol. The highest BCUT2D eigenvalue weighted by molar-refractivity contribution is 7.99. The number of thioether (sulfide) groups is 1. The molecule has 1 heterocycles. The Bertz CT molecular complexity index is 994. The normalized spacial score (nSPS) is 10.7. The van der Waals surface area contributed by atoms with Crippen LogP contribution in [-0.4, -0.2) is 35.4 Å². The molecule has 0 saturated heterocycles. The van der Waals surface area contributed by atoms with E-state index in [1.165, 1.54) is 28.6 Å². The summed E-state index contributed by atoms with van der Waals surface area (Å²) in [7, 11) is 3.15. The van der Waals surface area contributed by atoms with E-state index in [1.54, 1.807) is 38.6 Å². The Hall–Kier alpha value is -2.93. The van der Waals surface area contributed by atoms with Crippen LogP contribution in [0.25, 0.3) is 5.69 Å². The number of hydrogen-bond acceptors (Lipinski definition) is 5. The fourth-order valence-electron chi connectivity index (χ4n) is 3.33. The summed E-state index contributed by atoms with van der Waals surface area (Å²) in [6.45, 7) is 4.30. The quantitative estimate of drug-likeness (QED) is 0.502. The lowest BCUT2D eigenvalue weighted by atomic mass is 10.0. The number of rotatable bonds is 9. The van der Waals surface area contributed by atoms with Crippen LogP contribution in [0.4, 0.5) is 5.69 Å². The molecule has 0 spiro atoms. The maximum Gasteiger partial charge on any atom is 0.234 e. The monoisotopic (exact) mass is 425 g/mol. The summed E-state index contributed by atoms with van der Waals surface area (Å²) in [6, 6.07) is 11.7. The highest BCUT2D eigenvalue weighted by atomic mass is 32.2. The third kappa shape index (κ3) is 4.79. The molecule has 0 fully saturated rings. The van der Waals surface area contributed by atoms with Crippen molar-refractivity contribution >= 4 is 23.4 Å². The van der Waals surface area contributed by atoms with Gasteiger partial charge in [0.25, 0.3) is 0 Å². The molecule has 0 saturated carbocycles. The number of para-hydroxylation sites is 1. The van der Waals surface area contributed by atoms with Crippen LogP contribution in [0.1, 0.15) is 25.0 Å². The number of amides is 1. The van der Waals surface area contributed by atoms with E-state index in [4.69, 9.17) is 9.47 Å². The van der Waals surface area contributed by atoms with Crippen LogP contribution in [-0.2, 0) is 17.6 Å². The molecule has 6 nitrogen and oxygen atoms in total. The Labute approximate surface area is 181 Å². The lowest BCUT2D eigenvalue weighted by Gasteiger charge is -2.16. The van der Waals surface area contributed by atoms with Gasteiger partial charge in [0.2, 0.25) is 5.91 Å². The summed E-state index contributed by atoms with van der Waals surface area (Å²) in [4.78, 5) is 17.0. The number of aromatic nitrogens is 2. The number of carbonyl (C=O) groups excluding carboxylic acids is 1. The van der Waals surface area contributed by atoms with Gasteiger partial charge in [0, 0.05) is 24.1 Å². The van der Waals surface area contributed by atoms with Crippen molar-refractivity contribution < 1.29 is 14.3 Å². The number of ether oxygens (including phenoxy) is 2. The first kappa shape index (κ1) is 21.8. The second-order valence-corrected chi connectivity index (χ2v) is 7.56. The van der Waals surface area contributed by atoms with Crippen LogP contribution in [0.5, 0.6) is 11.5 Å². The summed E-state index contributed by atoms with van der Waals surface area (Å²) < 4.78 is 12.6. The van der Waals surface area contributed by atoms with Crippen LogP contribution in [0.15, 0.2) is 53.9 Å². The summed E-state index contributed by atoms with van der Waals surface area (Å²) in [5.74, 6) is 1.33. The van der Waals surface area contributed by atoms with Gasteiger partial charge in [-0.05, 0) is 36.1 Å². The Morgan fingerprint density at radius 1 is 1.07 bits per heavy atom. The van der Waals surface area contributed by atoms with E-state index in [9.17, 15) is 4.79 Å². The molecule has 7 heteroatoms. The van der Waals surface area contributed by atoms with Crippen molar-refractivity contribution in [1.29, 1.82) is 0 Å². The van der Waals surface area contributed by atoms with E-state index in [2.05, 4.69) is 46.9 Å². The van der Waals surface area contributed by atoms with Crippen LogP contribution in [0, 0.1) is 0 Å². The second kappa shape index (κ2) is 10.2. The fraction of sp³-hybridized carbons (Fsp3) is 0.304. The molecule has 1 N–H and O–H groups in total. The molecule has 0 aliphatic heterocycles. The predicted octanol–water partition coefficient (Wildman–Crippen LogP) is 4.75. The van der Waals surface area contributed by atoms with Crippen molar-refractivity contribution in [3.8, 4) is 17.2 Å². The van der Waals surface area contributed by atoms with Gasteiger partial charge < -0.3 is 14.8 Å². The first-order chi connectivity index (χ1) is 14.6. The van der Waals surface area contributed by atoms with Gasteiger partial charge in [0.15, 0.2) is 16.7 Å². The van der Waals surface area contributed by atoms with Gasteiger partial charge in [0.1, 0.15) is 0 Å². The van der Waals surface area contributed by atoms with E-state index < -0.39 is 0 Å². The average Bonchev–Trinajstić information content (AvgIpc) is 3.25. The van der Waals surface area contributed by atoms with E-state index in [0.29, 0.717) is 17.2 Å². The third-order valence-corrected chi connectivity index (χ3v) is 5.78.